The average Bonchev–Trinajstić information content (AvgIpc) is 2.41. The molecule has 0 saturated carbocycles. The van der Waals surface area contributed by atoms with Gasteiger partial charge in [0.2, 0.25) is 0 Å². The monoisotopic (exact) mass is 259 g/mol. The largest absolute Gasteiger partial charge is 0.482 e. The lowest BCUT2D eigenvalue weighted by Gasteiger charge is -2.26. The number of ether oxygens (including phenoxy) is 1. The Bertz CT molecular complexity index is 522. The van der Waals surface area contributed by atoms with Crippen LogP contribution < -0.4 is 9.64 Å². The van der Waals surface area contributed by atoms with Crippen LogP contribution in [0.25, 0.3) is 0 Å². The number of nitrogens with zero attached hydrogens (tertiary/aromatic N) is 3. The smallest absolute Gasteiger partial charge is 0.264 e. The number of benzene rings is 1. The molecule has 1 aliphatic rings. The van der Waals surface area contributed by atoms with E-state index in [2.05, 4.69) is 6.07 Å². The molecule has 5 heteroatoms. The van der Waals surface area contributed by atoms with Crippen molar-refractivity contribution in [3.8, 4) is 11.8 Å². The van der Waals surface area contributed by atoms with Crippen LogP contribution in [0.3, 0.4) is 0 Å². The maximum Gasteiger partial charge on any atom is 0.264 e. The molecule has 0 fully saturated rings. The van der Waals surface area contributed by atoms with E-state index in [-0.39, 0.29) is 12.5 Å². The molecular weight excluding hydrogens is 242 g/mol. The number of hydrogen-bond donors (Lipinski definition) is 0. The van der Waals surface area contributed by atoms with Crippen LogP contribution in [0.4, 0.5) is 5.69 Å². The zero-order valence-electron chi connectivity index (χ0n) is 11.2. The number of amides is 1. The van der Waals surface area contributed by atoms with Gasteiger partial charge >= 0.3 is 0 Å². The van der Waals surface area contributed by atoms with Crippen molar-refractivity contribution in [1.82, 2.24) is 4.90 Å². The third-order valence-electron chi connectivity index (χ3n) is 3.23. The van der Waals surface area contributed by atoms with E-state index >= 15 is 0 Å². The molecule has 1 aromatic rings. The first-order valence-electron chi connectivity index (χ1n) is 6.19. The van der Waals surface area contributed by atoms with Crippen molar-refractivity contribution in [2.24, 2.45) is 0 Å². The zero-order chi connectivity index (χ0) is 13.8. The standard InChI is InChI=1S/C14H17N3O2/c1-16(8-6-15)7-5-11-3-4-13-12(9-11)17(2)14(18)10-19-13/h3-4,9H,5,7-8,10H2,1-2H3. The SMILES string of the molecule is CN(CC#N)CCc1ccc2c(c1)N(C)C(=O)CO2. The number of fused-ring (bicyclic) bond motifs is 1. The minimum Gasteiger partial charge on any atom is -0.482 e. The Morgan fingerprint density at radius 1 is 1.53 bits per heavy atom. The van der Waals surface area contributed by atoms with Gasteiger partial charge in [-0.1, -0.05) is 6.07 Å². The number of nitriles is 1. The molecule has 1 aromatic carbocycles. The summed E-state index contributed by atoms with van der Waals surface area (Å²) in [7, 11) is 3.68. The van der Waals surface area contributed by atoms with Crippen molar-refractivity contribution < 1.29 is 9.53 Å². The Kier molecular flexibility index (Phi) is 4.03. The minimum atomic E-state index is -0.0359. The van der Waals surface area contributed by atoms with Gasteiger partial charge in [-0.05, 0) is 31.2 Å². The lowest BCUT2D eigenvalue weighted by atomic mass is 10.1. The molecule has 1 aliphatic heterocycles. The first-order valence-corrected chi connectivity index (χ1v) is 6.19. The third-order valence-corrected chi connectivity index (χ3v) is 3.23. The van der Waals surface area contributed by atoms with Crippen LogP contribution >= 0.6 is 0 Å². The maximum atomic E-state index is 11.6. The van der Waals surface area contributed by atoms with Crippen molar-refractivity contribution in [2.75, 3.05) is 38.7 Å². The van der Waals surface area contributed by atoms with Gasteiger partial charge in [-0.15, -0.1) is 0 Å². The number of anilines is 1. The van der Waals surface area contributed by atoms with Gasteiger partial charge in [0.1, 0.15) is 5.75 Å². The summed E-state index contributed by atoms with van der Waals surface area (Å²) in [4.78, 5) is 15.2. The molecule has 0 spiro atoms. The Hall–Kier alpha value is -2.06. The summed E-state index contributed by atoms with van der Waals surface area (Å²) in [5.74, 6) is 0.711. The molecule has 0 N–H and O–H groups in total. The average molecular weight is 259 g/mol. The van der Waals surface area contributed by atoms with Gasteiger partial charge in [0, 0.05) is 13.6 Å². The summed E-state index contributed by atoms with van der Waals surface area (Å²) in [6.07, 6.45) is 0.841. The van der Waals surface area contributed by atoms with Crippen LogP contribution in [0.15, 0.2) is 18.2 Å². The molecule has 0 aromatic heterocycles. The topological polar surface area (TPSA) is 56.6 Å². The summed E-state index contributed by atoms with van der Waals surface area (Å²) in [6.45, 7) is 1.34. The van der Waals surface area contributed by atoms with Crippen molar-refractivity contribution in [2.45, 2.75) is 6.42 Å². The van der Waals surface area contributed by atoms with E-state index in [1.165, 1.54) is 0 Å². The van der Waals surface area contributed by atoms with Crippen LogP contribution in [-0.2, 0) is 11.2 Å². The molecule has 100 valence electrons. The van der Waals surface area contributed by atoms with Gasteiger partial charge in [0.25, 0.3) is 5.91 Å². The molecule has 0 unspecified atom stereocenters. The first kappa shape index (κ1) is 13.4. The Morgan fingerprint density at radius 2 is 2.32 bits per heavy atom. The van der Waals surface area contributed by atoms with E-state index in [4.69, 9.17) is 10.00 Å². The highest BCUT2D eigenvalue weighted by Crippen LogP contribution is 2.32. The number of carbonyl (C=O) groups is 1. The first-order chi connectivity index (χ1) is 9.11. The summed E-state index contributed by atoms with van der Waals surface area (Å²) >= 11 is 0. The fourth-order valence-electron chi connectivity index (χ4n) is 1.99. The van der Waals surface area contributed by atoms with Crippen LogP contribution in [-0.4, -0.2) is 44.6 Å². The molecule has 5 nitrogen and oxygen atoms in total. The van der Waals surface area contributed by atoms with Crippen LogP contribution in [0.2, 0.25) is 0 Å². The third kappa shape index (κ3) is 3.04. The van der Waals surface area contributed by atoms with E-state index in [1.807, 2.05) is 30.1 Å². The van der Waals surface area contributed by atoms with E-state index < -0.39 is 0 Å². The normalized spacial score (nSPS) is 14.0. The highest BCUT2D eigenvalue weighted by atomic mass is 16.5. The lowest BCUT2D eigenvalue weighted by Crippen LogP contribution is -2.35. The van der Waals surface area contributed by atoms with Gasteiger partial charge < -0.3 is 9.64 Å². The summed E-state index contributed by atoms with van der Waals surface area (Å²) in [5, 5.41) is 8.60. The Morgan fingerprint density at radius 3 is 3.05 bits per heavy atom. The molecule has 0 saturated heterocycles. The predicted octanol–water partition coefficient (Wildman–Crippen LogP) is 1.04. The van der Waals surface area contributed by atoms with Crippen molar-refractivity contribution in [3.63, 3.8) is 0 Å². The van der Waals surface area contributed by atoms with Crippen molar-refractivity contribution in [3.05, 3.63) is 23.8 Å². The van der Waals surface area contributed by atoms with E-state index in [9.17, 15) is 4.79 Å². The van der Waals surface area contributed by atoms with Gasteiger partial charge in [-0.2, -0.15) is 5.26 Å². The fourth-order valence-corrected chi connectivity index (χ4v) is 1.99. The van der Waals surface area contributed by atoms with Gasteiger partial charge in [0.15, 0.2) is 6.61 Å². The second-order valence-corrected chi connectivity index (χ2v) is 4.69. The van der Waals surface area contributed by atoms with Crippen molar-refractivity contribution >= 4 is 11.6 Å². The zero-order valence-corrected chi connectivity index (χ0v) is 11.2. The van der Waals surface area contributed by atoms with E-state index in [1.54, 1.807) is 11.9 Å². The highest BCUT2D eigenvalue weighted by Gasteiger charge is 2.22. The van der Waals surface area contributed by atoms with Gasteiger partial charge in [0.05, 0.1) is 18.3 Å². The quantitative estimate of drug-likeness (QED) is 0.758. The molecule has 0 aliphatic carbocycles. The number of hydrogen-bond acceptors (Lipinski definition) is 4. The Labute approximate surface area is 113 Å². The van der Waals surface area contributed by atoms with Crippen LogP contribution in [0.5, 0.6) is 5.75 Å². The molecule has 0 bridgehead atoms. The molecule has 1 amide bonds. The van der Waals surface area contributed by atoms with Gasteiger partial charge in [-0.25, -0.2) is 0 Å². The molecule has 2 rings (SSSR count). The maximum absolute atomic E-state index is 11.6. The highest BCUT2D eigenvalue weighted by molar-refractivity contribution is 5.97. The number of likely N-dealkylation sites (N-methyl/N-ethyl adjacent to an activating group) is 2. The van der Waals surface area contributed by atoms with E-state index in [0.717, 1.165) is 30.0 Å². The number of rotatable bonds is 4. The Balaban J connectivity index is 2.08. The molecule has 1 heterocycles. The van der Waals surface area contributed by atoms with Crippen molar-refractivity contribution in [1.29, 1.82) is 5.26 Å². The van der Waals surface area contributed by atoms with Crippen LogP contribution in [0.1, 0.15) is 5.56 Å². The molecule has 19 heavy (non-hydrogen) atoms. The summed E-state index contributed by atoms with van der Waals surface area (Å²) in [5.41, 5.74) is 1.95. The minimum absolute atomic E-state index is 0.0359. The number of carbonyl (C=O) groups excluding carboxylic acids is 1. The fraction of sp³-hybridized carbons (Fsp3) is 0.429. The van der Waals surface area contributed by atoms with Crippen LogP contribution in [0, 0.1) is 11.3 Å². The predicted molar refractivity (Wildman–Crippen MR) is 72.2 cm³/mol. The second-order valence-electron chi connectivity index (χ2n) is 4.69. The summed E-state index contributed by atoms with van der Waals surface area (Å²) < 4.78 is 5.38. The molecule has 0 radical (unpaired) electrons. The summed E-state index contributed by atoms with van der Waals surface area (Å²) in [6, 6.07) is 8.00. The van der Waals surface area contributed by atoms with E-state index in [0.29, 0.717) is 6.54 Å². The second kappa shape index (κ2) is 5.72. The molecular formula is C14H17N3O2. The molecule has 0 atom stereocenters. The van der Waals surface area contributed by atoms with Gasteiger partial charge in [-0.3, -0.25) is 9.69 Å². The lowest BCUT2D eigenvalue weighted by molar-refractivity contribution is -0.120.